The van der Waals surface area contributed by atoms with Crippen LogP contribution in [0, 0.1) is 24.0 Å². The molecule has 0 fully saturated rings. The first-order chi connectivity index (χ1) is 13.8. The summed E-state index contributed by atoms with van der Waals surface area (Å²) < 4.78 is 1.83. The second-order valence-corrected chi connectivity index (χ2v) is 8.33. The molecule has 29 heavy (non-hydrogen) atoms. The molecule has 0 aromatic heterocycles. The van der Waals surface area contributed by atoms with E-state index >= 15 is 0 Å². The van der Waals surface area contributed by atoms with Crippen LogP contribution in [0.5, 0.6) is 5.75 Å². The van der Waals surface area contributed by atoms with E-state index in [1.165, 1.54) is 24.1 Å². The molecule has 150 valence electrons. The number of aryl methyl sites for hydroxylation is 1. The Hall–Kier alpha value is -2.41. The van der Waals surface area contributed by atoms with Crippen LogP contribution in [-0.2, 0) is 6.54 Å². The molecule has 5 nitrogen and oxygen atoms in total. The van der Waals surface area contributed by atoms with E-state index in [1.54, 1.807) is 19.1 Å². The Bertz CT molecular complexity index is 1060. The molecule has 1 N–H and O–H groups in total. The molecule has 0 amide bonds. The molecule has 0 unspecified atom stereocenters. The summed E-state index contributed by atoms with van der Waals surface area (Å²) in [6.07, 6.45) is 0. The molecular weight excluding hydrogens is 431 g/mol. The molecule has 3 aromatic carbocycles. The number of phenols is 1. The first-order valence-electron chi connectivity index (χ1n) is 8.70. The van der Waals surface area contributed by atoms with E-state index < -0.39 is 4.92 Å². The van der Waals surface area contributed by atoms with Gasteiger partial charge in [-0.2, -0.15) is 0 Å². The van der Waals surface area contributed by atoms with Crippen molar-refractivity contribution in [1.29, 1.82) is 0 Å². The van der Waals surface area contributed by atoms with Crippen molar-refractivity contribution < 1.29 is 10.0 Å². The Kier molecular flexibility index (Phi) is 6.57. The number of phenolic OH excluding ortho intramolecular Hbond substituents is 1. The smallest absolute Gasteiger partial charge is 0.270 e. The summed E-state index contributed by atoms with van der Waals surface area (Å²) in [4.78, 5) is 11.5. The number of nitrogens with zero attached hydrogens (tertiary/aromatic N) is 2. The van der Waals surface area contributed by atoms with Gasteiger partial charge >= 0.3 is 0 Å². The number of nitro groups is 1. The largest absolute Gasteiger partial charge is 0.504 e. The number of aromatic hydroxyl groups is 1. The molecule has 0 heterocycles. The molecule has 0 radical (unpaired) electrons. The van der Waals surface area contributed by atoms with Crippen molar-refractivity contribution in [2.24, 2.45) is 0 Å². The summed E-state index contributed by atoms with van der Waals surface area (Å²) in [5, 5.41) is 22.5. The third-order valence-electron chi connectivity index (χ3n) is 4.43. The topological polar surface area (TPSA) is 66.6 Å². The summed E-state index contributed by atoms with van der Waals surface area (Å²) in [6, 6.07) is 16.0. The molecule has 0 saturated heterocycles. The highest BCUT2D eigenvalue weighted by atomic mass is 35.5. The van der Waals surface area contributed by atoms with Gasteiger partial charge in [0.05, 0.1) is 22.2 Å². The fourth-order valence-corrected chi connectivity index (χ4v) is 4.24. The van der Waals surface area contributed by atoms with E-state index in [0.29, 0.717) is 27.7 Å². The van der Waals surface area contributed by atoms with Gasteiger partial charge in [0.15, 0.2) is 5.75 Å². The van der Waals surface area contributed by atoms with Crippen LogP contribution in [-0.4, -0.2) is 10.0 Å². The maximum atomic E-state index is 11.2. The summed E-state index contributed by atoms with van der Waals surface area (Å²) in [5.74, 6) is -0.0833. The van der Waals surface area contributed by atoms with Crippen LogP contribution in [0.15, 0.2) is 59.5 Å². The molecule has 3 rings (SSSR count). The van der Waals surface area contributed by atoms with Gasteiger partial charge in [-0.25, -0.2) is 0 Å². The quantitative estimate of drug-likeness (QED) is 0.251. The Labute approximate surface area is 183 Å². The Morgan fingerprint density at radius 3 is 2.45 bits per heavy atom. The Morgan fingerprint density at radius 2 is 1.79 bits per heavy atom. The van der Waals surface area contributed by atoms with E-state index in [0.717, 1.165) is 11.1 Å². The Balaban J connectivity index is 2.08. The zero-order valence-corrected chi connectivity index (χ0v) is 18.1. The maximum absolute atomic E-state index is 11.2. The minimum absolute atomic E-state index is 0.00181. The van der Waals surface area contributed by atoms with Crippen molar-refractivity contribution in [3.05, 3.63) is 91.4 Å². The lowest BCUT2D eigenvalue weighted by Gasteiger charge is -2.26. The monoisotopic (exact) mass is 448 g/mol. The average Bonchev–Trinajstić information content (AvgIpc) is 2.70. The predicted octanol–water partition coefficient (Wildman–Crippen LogP) is 6.94. The first-order valence-corrected chi connectivity index (χ1v) is 10.2. The van der Waals surface area contributed by atoms with Crippen LogP contribution < -0.4 is 4.31 Å². The van der Waals surface area contributed by atoms with Crippen LogP contribution in [0.25, 0.3) is 0 Å². The maximum Gasteiger partial charge on any atom is 0.270 e. The van der Waals surface area contributed by atoms with Crippen LogP contribution in [0.2, 0.25) is 10.0 Å². The fraction of sp³-hybridized carbons (Fsp3) is 0.143. The van der Waals surface area contributed by atoms with Crippen molar-refractivity contribution >= 4 is 46.5 Å². The van der Waals surface area contributed by atoms with Gasteiger partial charge in [-0.15, -0.1) is 0 Å². The lowest BCUT2D eigenvalue weighted by atomic mass is 10.2. The van der Waals surface area contributed by atoms with Crippen LogP contribution in [0.4, 0.5) is 11.4 Å². The summed E-state index contributed by atoms with van der Waals surface area (Å²) >= 11 is 13.9. The third-order valence-corrected chi connectivity index (χ3v) is 6.47. The third kappa shape index (κ3) is 4.78. The molecule has 0 aliphatic carbocycles. The van der Waals surface area contributed by atoms with Gasteiger partial charge in [0, 0.05) is 22.1 Å². The van der Waals surface area contributed by atoms with Crippen molar-refractivity contribution in [2.45, 2.75) is 25.3 Å². The van der Waals surface area contributed by atoms with E-state index in [-0.39, 0.29) is 16.5 Å². The molecule has 0 aliphatic heterocycles. The number of anilines is 1. The lowest BCUT2D eigenvalue weighted by Crippen LogP contribution is -2.14. The highest BCUT2D eigenvalue weighted by Gasteiger charge is 2.21. The normalized spacial score (nSPS) is 10.8. The zero-order chi connectivity index (χ0) is 21.1. The summed E-state index contributed by atoms with van der Waals surface area (Å²) in [5.41, 5.74) is 2.90. The zero-order valence-electron chi connectivity index (χ0n) is 15.7. The minimum Gasteiger partial charge on any atom is -0.504 e. The van der Waals surface area contributed by atoms with Gasteiger partial charge in [-0.1, -0.05) is 59.6 Å². The van der Waals surface area contributed by atoms with Crippen molar-refractivity contribution in [1.82, 2.24) is 0 Å². The van der Waals surface area contributed by atoms with Gasteiger partial charge in [-0.3, -0.25) is 10.1 Å². The fourth-order valence-electron chi connectivity index (χ4n) is 2.72. The molecule has 3 aromatic rings. The number of halogens is 2. The van der Waals surface area contributed by atoms with Crippen LogP contribution >= 0.6 is 35.1 Å². The molecule has 0 atom stereocenters. The molecule has 0 saturated carbocycles. The molecule has 8 heteroatoms. The van der Waals surface area contributed by atoms with Gasteiger partial charge in [0.2, 0.25) is 0 Å². The number of hydrogen-bond donors (Lipinski definition) is 1. The van der Waals surface area contributed by atoms with Gasteiger partial charge < -0.3 is 9.41 Å². The number of non-ortho nitro benzene ring substituents is 1. The molecular formula is C21H18Cl2N2O3S. The van der Waals surface area contributed by atoms with Gasteiger partial charge in [0.1, 0.15) is 0 Å². The summed E-state index contributed by atoms with van der Waals surface area (Å²) in [6.45, 7) is 4.03. The van der Waals surface area contributed by atoms with Gasteiger partial charge in [0.25, 0.3) is 5.69 Å². The lowest BCUT2D eigenvalue weighted by molar-refractivity contribution is -0.385. The highest BCUT2D eigenvalue weighted by Crippen LogP contribution is 2.45. The van der Waals surface area contributed by atoms with Crippen molar-refractivity contribution in [3.8, 4) is 5.75 Å². The SMILES string of the molecule is Cc1ccc([N+](=O)[O-])cc1SN(Cc1ccccc1)c1cc(Cl)c(C)c(Cl)c1O. The van der Waals surface area contributed by atoms with E-state index in [4.69, 9.17) is 23.2 Å². The number of benzene rings is 3. The van der Waals surface area contributed by atoms with E-state index in [2.05, 4.69) is 0 Å². The highest BCUT2D eigenvalue weighted by molar-refractivity contribution is 8.00. The number of rotatable bonds is 6. The van der Waals surface area contributed by atoms with Crippen molar-refractivity contribution in [3.63, 3.8) is 0 Å². The average molecular weight is 449 g/mol. The van der Waals surface area contributed by atoms with Crippen LogP contribution in [0.3, 0.4) is 0 Å². The Morgan fingerprint density at radius 1 is 1.10 bits per heavy atom. The number of hydrogen-bond acceptors (Lipinski definition) is 5. The molecule has 0 spiro atoms. The van der Waals surface area contributed by atoms with Gasteiger partial charge in [-0.05, 0) is 48.6 Å². The van der Waals surface area contributed by atoms with E-state index in [9.17, 15) is 15.2 Å². The van der Waals surface area contributed by atoms with Crippen LogP contribution in [0.1, 0.15) is 16.7 Å². The first kappa shape index (κ1) is 21.3. The standard InChI is InChI=1S/C21H18Cl2N2O3S/c1-13-8-9-16(25(27)28)10-19(13)29-24(12-15-6-4-3-5-7-15)18-11-17(22)14(2)20(23)21(18)26/h3-11,26H,12H2,1-2H3. The predicted molar refractivity (Wildman–Crippen MR) is 119 cm³/mol. The summed E-state index contributed by atoms with van der Waals surface area (Å²) in [7, 11) is 0. The van der Waals surface area contributed by atoms with Crippen molar-refractivity contribution in [2.75, 3.05) is 4.31 Å². The molecule has 0 aliphatic rings. The van der Waals surface area contributed by atoms with E-state index in [1.807, 2.05) is 41.6 Å². The minimum atomic E-state index is -0.428. The second kappa shape index (κ2) is 8.95. The second-order valence-electron chi connectivity index (χ2n) is 6.49. The molecule has 0 bridgehead atoms. The number of nitro benzene ring substituents is 1.